The summed E-state index contributed by atoms with van der Waals surface area (Å²) >= 11 is 1.47. The van der Waals surface area contributed by atoms with Crippen LogP contribution in [0.4, 0.5) is 17.6 Å². The van der Waals surface area contributed by atoms with Gasteiger partial charge >= 0.3 is 0 Å². The molecule has 0 saturated carbocycles. The van der Waals surface area contributed by atoms with Gasteiger partial charge in [0.2, 0.25) is 0 Å². The van der Waals surface area contributed by atoms with Crippen LogP contribution < -0.4 is 0 Å². The lowest BCUT2D eigenvalue weighted by atomic mass is 9.96. The minimum absolute atomic E-state index is 0.262. The standard InChI is InChI=1S/C35H19F4NS/c36-29-13-14-32-33(19-29)41-35(40-32)23-7-5-21(6-8-23)25-10-12-26-15-24(9-11-27(26)16-25)20-1-3-22(4-2-20)28-17-30(37)34(39)31(38)18-28/h1-19H. The zero-order valence-corrected chi connectivity index (χ0v) is 22.2. The molecular formula is C35H19F4NS. The number of halogens is 4. The minimum atomic E-state index is -1.47. The summed E-state index contributed by atoms with van der Waals surface area (Å²) in [7, 11) is 0. The Kier molecular flexibility index (Phi) is 6.13. The lowest BCUT2D eigenvalue weighted by Gasteiger charge is -2.09. The highest BCUT2D eigenvalue weighted by Crippen LogP contribution is 2.34. The molecule has 0 atom stereocenters. The summed E-state index contributed by atoms with van der Waals surface area (Å²) in [4.78, 5) is 4.64. The number of hydrogen-bond acceptors (Lipinski definition) is 2. The van der Waals surface area contributed by atoms with Crippen LogP contribution in [0.5, 0.6) is 0 Å². The normalized spacial score (nSPS) is 11.4. The van der Waals surface area contributed by atoms with Crippen LogP contribution in [0.1, 0.15) is 0 Å². The molecule has 1 nitrogen and oxygen atoms in total. The fourth-order valence-electron chi connectivity index (χ4n) is 5.01. The van der Waals surface area contributed by atoms with E-state index in [2.05, 4.69) is 47.4 Å². The molecule has 6 aromatic carbocycles. The molecule has 1 aromatic heterocycles. The SMILES string of the molecule is Fc1ccc2nc(-c3ccc(-c4ccc5cc(-c6ccc(-c7cc(F)c(F)c(F)c7)cc6)ccc5c4)cc3)sc2c1. The van der Waals surface area contributed by atoms with E-state index < -0.39 is 17.5 Å². The van der Waals surface area contributed by atoms with Gasteiger partial charge in [0, 0.05) is 5.56 Å². The van der Waals surface area contributed by atoms with E-state index in [0.717, 1.165) is 65.9 Å². The monoisotopic (exact) mass is 561 g/mol. The third-order valence-electron chi connectivity index (χ3n) is 7.19. The molecule has 41 heavy (non-hydrogen) atoms. The smallest absolute Gasteiger partial charge is 0.194 e. The zero-order chi connectivity index (χ0) is 28.1. The second-order valence-corrected chi connectivity index (χ2v) is 10.8. The Morgan fingerprint density at radius 3 is 1.49 bits per heavy atom. The predicted molar refractivity (Wildman–Crippen MR) is 159 cm³/mol. The van der Waals surface area contributed by atoms with Gasteiger partial charge in [-0.15, -0.1) is 11.3 Å². The first-order chi connectivity index (χ1) is 19.9. The molecular weight excluding hydrogens is 542 g/mol. The van der Waals surface area contributed by atoms with Crippen LogP contribution in [-0.4, -0.2) is 4.98 Å². The second kappa shape index (κ2) is 9.98. The molecule has 6 heteroatoms. The van der Waals surface area contributed by atoms with E-state index in [1.165, 1.54) is 23.5 Å². The van der Waals surface area contributed by atoms with Crippen LogP contribution in [0.25, 0.3) is 64.9 Å². The van der Waals surface area contributed by atoms with Crippen molar-refractivity contribution in [3.8, 4) is 44.0 Å². The molecule has 0 aliphatic rings. The Balaban J connectivity index is 1.13. The fourth-order valence-corrected chi connectivity index (χ4v) is 6.01. The average Bonchev–Trinajstić information content (AvgIpc) is 3.42. The molecule has 0 bridgehead atoms. The molecule has 0 unspecified atom stereocenters. The molecule has 1 heterocycles. The average molecular weight is 562 g/mol. The number of rotatable bonds is 4. The van der Waals surface area contributed by atoms with E-state index in [0.29, 0.717) is 5.56 Å². The van der Waals surface area contributed by atoms with Gasteiger partial charge in [-0.3, -0.25) is 0 Å². The Morgan fingerprint density at radius 1 is 0.439 bits per heavy atom. The number of thiazole rings is 1. The third-order valence-corrected chi connectivity index (χ3v) is 8.26. The van der Waals surface area contributed by atoms with Crippen LogP contribution in [0.2, 0.25) is 0 Å². The first kappa shape index (κ1) is 25.2. The van der Waals surface area contributed by atoms with Crippen molar-refractivity contribution in [2.75, 3.05) is 0 Å². The van der Waals surface area contributed by atoms with Crippen LogP contribution >= 0.6 is 11.3 Å². The van der Waals surface area contributed by atoms with Crippen LogP contribution in [0.15, 0.2) is 115 Å². The summed E-state index contributed by atoms with van der Waals surface area (Å²) in [5, 5.41) is 3.03. The summed E-state index contributed by atoms with van der Waals surface area (Å²) in [5.74, 6) is -4.15. The van der Waals surface area contributed by atoms with Crippen molar-refractivity contribution >= 4 is 32.3 Å². The van der Waals surface area contributed by atoms with Crippen molar-refractivity contribution in [1.29, 1.82) is 0 Å². The number of hydrogen-bond donors (Lipinski definition) is 0. The third kappa shape index (κ3) is 4.77. The molecule has 0 radical (unpaired) electrons. The number of nitrogens with zero attached hydrogens (tertiary/aromatic N) is 1. The Bertz CT molecular complexity index is 2060. The van der Waals surface area contributed by atoms with E-state index in [-0.39, 0.29) is 11.4 Å². The van der Waals surface area contributed by atoms with Gasteiger partial charge in [-0.2, -0.15) is 0 Å². The molecule has 0 spiro atoms. The molecule has 0 aliphatic heterocycles. The fraction of sp³-hybridized carbons (Fsp3) is 0. The Morgan fingerprint density at radius 2 is 0.927 bits per heavy atom. The summed E-state index contributed by atoms with van der Waals surface area (Å²) < 4.78 is 55.0. The maximum absolute atomic E-state index is 13.7. The van der Waals surface area contributed by atoms with E-state index in [9.17, 15) is 17.6 Å². The highest BCUT2D eigenvalue weighted by atomic mass is 32.1. The van der Waals surface area contributed by atoms with E-state index >= 15 is 0 Å². The summed E-state index contributed by atoms with van der Waals surface area (Å²) in [6.07, 6.45) is 0. The van der Waals surface area contributed by atoms with Gasteiger partial charge in [-0.1, -0.05) is 72.8 Å². The highest BCUT2D eigenvalue weighted by molar-refractivity contribution is 7.21. The lowest BCUT2D eigenvalue weighted by Crippen LogP contribution is -1.91. The second-order valence-electron chi connectivity index (χ2n) is 9.82. The first-order valence-corrected chi connectivity index (χ1v) is 13.7. The van der Waals surface area contributed by atoms with Crippen molar-refractivity contribution in [3.05, 3.63) is 139 Å². The molecule has 7 aromatic rings. The zero-order valence-electron chi connectivity index (χ0n) is 21.3. The van der Waals surface area contributed by atoms with Crippen molar-refractivity contribution in [3.63, 3.8) is 0 Å². The molecule has 7 rings (SSSR count). The summed E-state index contributed by atoms with van der Waals surface area (Å²) in [5.41, 5.74) is 6.79. The molecule has 0 N–H and O–H groups in total. The minimum Gasteiger partial charge on any atom is -0.236 e. The molecule has 0 amide bonds. The van der Waals surface area contributed by atoms with Gasteiger partial charge < -0.3 is 0 Å². The van der Waals surface area contributed by atoms with E-state index in [4.69, 9.17) is 0 Å². The summed E-state index contributed by atoms with van der Waals surface area (Å²) in [6, 6.07) is 34.7. The molecule has 0 fully saturated rings. The van der Waals surface area contributed by atoms with Crippen LogP contribution in [0.3, 0.4) is 0 Å². The Hall–Kier alpha value is -4.81. The topological polar surface area (TPSA) is 12.9 Å². The van der Waals surface area contributed by atoms with E-state index in [1.54, 1.807) is 18.2 Å². The molecule has 0 saturated heterocycles. The maximum atomic E-state index is 13.7. The number of fused-ring (bicyclic) bond motifs is 2. The van der Waals surface area contributed by atoms with Gasteiger partial charge in [0.1, 0.15) is 10.8 Å². The van der Waals surface area contributed by atoms with Gasteiger partial charge in [-0.25, -0.2) is 22.5 Å². The number of aromatic nitrogens is 1. The van der Waals surface area contributed by atoms with Crippen LogP contribution in [-0.2, 0) is 0 Å². The van der Waals surface area contributed by atoms with Crippen molar-refractivity contribution < 1.29 is 17.6 Å². The predicted octanol–water partition coefficient (Wildman–Crippen LogP) is 10.7. The largest absolute Gasteiger partial charge is 0.236 e. The maximum Gasteiger partial charge on any atom is 0.194 e. The van der Waals surface area contributed by atoms with Gasteiger partial charge in [-0.05, 0) is 86.6 Å². The van der Waals surface area contributed by atoms with Crippen molar-refractivity contribution in [2.24, 2.45) is 0 Å². The van der Waals surface area contributed by atoms with Gasteiger partial charge in [0.05, 0.1) is 10.2 Å². The van der Waals surface area contributed by atoms with Gasteiger partial charge in [0.15, 0.2) is 17.5 Å². The van der Waals surface area contributed by atoms with E-state index in [1.807, 2.05) is 30.3 Å². The van der Waals surface area contributed by atoms with Crippen LogP contribution in [0, 0.1) is 23.3 Å². The number of benzene rings is 6. The lowest BCUT2D eigenvalue weighted by molar-refractivity contribution is 0.448. The molecule has 0 aliphatic carbocycles. The summed E-state index contributed by atoms with van der Waals surface area (Å²) in [6.45, 7) is 0. The van der Waals surface area contributed by atoms with Crippen molar-refractivity contribution in [2.45, 2.75) is 0 Å². The first-order valence-electron chi connectivity index (χ1n) is 12.9. The Labute approximate surface area is 237 Å². The highest BCUT2D eigenvalue weighted by Gasteiger charge is 2.12. The van der Waals surface area contributed by atoms with Crippen molar-refractivity contribution in [1.82, 2.24) is 4.98 Å². The van der Waals surface area contributed by atoms with Gasteiger partial charge in [0.25, 0.3) is 0 Å². The molecule has 198 valence electrons. The quantitative estimate of drug-likeness (QED) is 0.154.